The Morgan fingerprint density at radius 3 is 3.00 bits per heavy atom. The normalized spacial score (nSPS) is 29.0. The fourth-order valence-corrected chi connectivity index (χ4v) is 0.875. The summed E-state index contributed by atoms with van der Waals surface area (Å²) < 4.78 is 0. The Balaban J connectivity index is 2.28. The van der Waals surface area contributed by atoms with Gasteiger partial charge < -0.3 is 0 Å². The summed E-state index contributed by atoms with van der Waals surface area (Å²) >= 11 is 0. The lowest BCUT2D eigenvalue weighted by Gasteiger charge is -1.96. The molecule has 0 fully saturated rings. The molecule has 0 bridgehead atoms. The Morgan fingerprint density at radius 2 is 2.71 bits per heavy atom. The Bertz CT molecular complexity index is 76.2. The van der Waals surface area contributed by atoms with Crippen molar-refractivity contribution in [3.05, 3.63) is 0 Å². The molecular weight excluding hydrogens is 86.1 g/mol. The first kappa shape index (κ1) is 4.82. The van der Waals surface area contributed by atoms with Crippen LogP contribution in [0.1, 0.15) is 26.2 Å². The maximum absolute atomic E-state index is 4.23. The van der Waals surface area contributed by atoms with Crippen molar-refractivity contribution in [2.24, 2.45) is 4.99 Å². The predicted molar refractivity (Wildman–Crippen MR) is 31.8 cm³/mol. The molecule has 0 spiro atoms. The molecule has 7 heavy (non-hydrogen) atoms. The number of hydrogen-bond acceptors (Lipinski definition) is 1. The second-order valence-electron chi connectivity index (χ2n) is 1.97. The smallest absolute Gasteiger partial charge is 0.0496 e. The molecule has 1 aliphatic heterocycles. The zero-order valence-electron chi connectivity index (χ0n) is 4.72. The summed E-state index contributed by atoms with van der Waals surface area (Å²) in [5.74, 6) is 0. The predicted octanol–water partition coefficient (Wildman–Crippen LogP) is 1.63. The van der Waals surface area contributed by atoms with Gasteiger partial charge >= 0.3 is 0 Å². The minimum absolute atomic E-state index is 0.667. The van der Waals surface area contributed by atoms with Crippen LogP contribution in [0, 0.1) is 0 Å². The lowest BCUT2D eigenvalue weighted by Crippen LogP contribution is -1.93. The van der Waals surface area contributed by atoms with Crippen LogP contribution in [0.15, 0.2) is 4.99 Å². The third-order valence-corrected chi connectivity index (χ3v) is 1.42. The van der Waals surface area contributed by atoms with E-state index in [2.05, 4.69) is 11.9 Å². The zero-order chi connectivity index (χ0) is 5.11. The molecule has 0 unspecified atom stereocenters. The Kier molecular flexibility index (Phi) is 1.45. The number of nitrogens with zero attached hydrogens (tertiary/aromatic N) is 1. The lowest BCUT2D eigenvalue weighted by molar-refractivity contribution is 0.649. The summed E-state index contributed by atoms with van der Waals surface area (Å²) in [6, 6.07) is 0.667. The van der Waals surface area contributed by atoms with Crippen molar-refractivity contribution in [1.82, 2.24) is 0 Å². The monoisotopic (exact) mass is 97.1 g/mol. The van der Waals surface area contributed by atoms with Crippen LogP contribution in [0.4, 0.5) is 0 Å². The Morgan fingerprint density at radius 1 is 1.86 bits per heavy atom. The fourth-order valence-electron chi connectivity index (χ4n) is 0.875. The van der Waals surface area contributed by atoms with Gasteiger partial charge in [-0.05, 0) is 25.5 Å². The third kappa shape index (κ3) is 1.02. The minimum Gasteiger partial charge on any atom is -0.294 e. The van der Waals surface area contributed by atoms with E-state index in [1.165, 1.54) is 19.3 Å². The maximum Gasteiger partial charge on any atom is 0.0496 e. The largest absolute Gasteiger partial charge is 0.294 e. The standard InChI is InChI=1S/C6H11N/c1-2-6-4-3-5-7-6/h5-6H,2-4H2,1H3/t6-/m0/s1. The van der Waals surface area contributed by atoms with Crippen molar-refractivity contribution >= 4 is 6.21 Å². The highest BCUT2D eigenvalue weighted by Crippen LogP contribution is 2.09. The van der Waals surface area contributed by atoms with Gasteiger partial charge in [0, 0.05) is 6.04 Å². The van der Waals surface area contributed by atoms with Crippen LogP contribution in [-0.4, -0.2) is 12.3 Å². The van der Waals surface area contributed by atoms with E-state index in [1.54, 1.807) is 0 Å². The van der Waals surface area contributed by atoms with Crippen LogP contribution in [-0.2, 0) is 0 Å². The topological polar surface area (TPSA) is 12.4 Å². The first-order chi connectivity index (χ1) is 3.43. The third-order valence-electron chi connectivity index (χ3n) is 1.42. The van der Waals surface area contributed by atoms with Crippen LogP contribution in [0.3, 0.4) is 0 Å². The van der Waals surface area contributed by atoms with Crippen LogP contribution in [0.5, 0.6) is 0 Å². The minimum atomic E-state index is 0.667. The van der Waals surface area contributed by atoms with Crippen molar-refractivity contribution in [3.63, 3.8) is 0 Å². The SMILES string of the molecule is CC[C@H]1CCC=N1. The van der Waals surface area contributed by atoms with Crippen molar-refractivity contribution in [2.75, 3.05) is 0 Å². The highest BCUT2D eigenvalue weighted by atomic mass is 14.8. The number of rotatable bonds is 1. The number of aliphatic imine (C=N–C) groups is 1. The van der Waals surface area contributed by atoms with E-state index in [4.69, 9.17) is 0 Å². The van der Waals surface area contributed by atoms with Crippen LogP contribution >= 0.6 is 0 Å². The molecule has 40 valence electrons. The molecule has 1 heterocycles. The van der Waals surface area contributed by atoms with Gasteiger partial charge in [-0.1, -0.05) is 6.92 Å². The van der Waals surface area contributed by atoms with Crippen molar-refractivity contribution in [2.45, 2.75) is 32.2 Å². The van der Waals surface area contributed by atoms with Crippen LogP contribution in [0.25, 0.3) is 0 Å². The van der Waals surface area contributed by atoms with E-state index >= 15 is 0 Å². The second-order valence-corrected chi connectivity index (χ2v) is 1.97. The fraction of sp³-hybridized carbons (Fsp3) is 0.833. The molecule has 0 saturated carbocycles. The quantitative estimate of drug-likeness (QED) is 0.471. The molecule has 1 atom stereocenters. The van der Waals surface area contributed by atoms with Crippen LogP contribution < -0.4 is 0 Å². The second kappa shape index (κ2) is 2.10. The molecular formula is C6H11N. The molecule has 0 saturated heterocycles. The molecule has 0 N–H and O–H groups in total. The van der Waals surface area contributed by atoms with Gasteiger partial charge in [0.15, 0.2) is 0 Å². The molecule has 0 radical (unpaired) electrons. The summed E-state index contributed by atoms with van der Waals surface area (Å²) in [5.41, 5.74) is 0. The Labute approximate surface area is 44.5 Å². The first-order valence-electron chi connectivity index (χ1n) is 2.95. The first-order valence-corrected chi connectivity index (χ1v) is 2.95. The summed E-state index contributed by atoms with van der Waals surface area (Å²) in [5, 5.41) is 0. The van der Waals surface area contributed by atoms with Crippen molar-refractivity contribution in [3.8, 4) is 0 Å². The number of hydrogen-bond donors (Lipinski definition) is 0. The highest BCUT2D eigenvalue weighted by molar-refractivity contribution is 5.59. The van der Waals surface area contributed by atoms with Crippen LogP contribution in [0.2, 0.25) is 0 Å². The zero-order valence-corrected chi connectivity index (χ0v) is 4.72. The van der Waals surface area contributed by atoms with E-state index < -0.39 is 0 Å². The van der Waals surface area contributed by atoms with E-state index in [0.29, 0.717) is 6.04 Å². The Hall–Kier alpha value is -0.330. The summed E-state index contributed by atoms with van der Waals surface area (Å²) in [6.07, 6.45) is 5.75. The van der Waals surface area contributed by atoms with Gasteiger partial charge in [-0.2, -0.15) is 0 Å². The van der Waals surface area contributed by atoms with Gasteiger partial charge in [0.2, 0.25) is 0 Å². The van der Waals surface area contributed by atoms with Gasteiger partial charge in [-0.15, -0.1) is 0 Å². The molecule has 0 aromatic carbocycles. The van der Waals surface area contributed by atoms with Gasteiger partial charge in [-0.3, -0.25) is 4.99 Å². The molecule has 0 aromatic rings. The summed E-state index contributed by atoms with van der Waals surface area (Å²) in [6.45, 7) is 2.19. The van der Waals surface area contributed by atoms with E-state index in [9.17, 15) is 0 Å². The molecule has 1 rings (SSSR count). The molecule has 1 nitrogen and oxygen atoms in total. The highest BCUT2D eigenvalue weighted by Gasteiger charge is 2.05. The van der Waals surface area contributed by atoms with Gasteiger partial charge in [0.25, 0.3) is 0 Å². The van der Waals surface area contributed by atoms with E-state index in [1.807, 2.05) is 6.21 Å². The molecule has 1 aliphatic rings. The average Bonchev–Trinajstić information content (AvgIpc) is 2.14. The van der Waals surface area contributed by atoms with Gasteiger partial charge in [0.05, 0.1) is 0 Å². The van der Waals surface area contributed by atoms with Gasteiger partial charge in [-0.25, -0.2) is 0 Å². The molecule has 1 heteroatoms. The average molecular weight is 97.2 g/mol. The molecule has 0 amide bonds. The maximum atomic E-state index is 4.23. The van der Waals surface area contributed by atoms with E-state index in [0.717, 1.165) is 0 Å². The van der Waals surface area contributed by atoms with E-state index in [-0.39, 0.29) is 0 Å². The summed E-state index contributed by atoms with van der Waals surface area (Å²) in [7, 11) is 0. The molecule has 0 aliphatic carbocycles. The lowest BCUT2D eigenvalue weighted by atomic mass is 10.2. The van der Waals surface area contributed by atoms with Crippen molar-refractivity contribution in [1.29, 1.82) is 0 Å². The summed E-state index contributed by atoms with van der Waals surface area (Å²) in [4.78, 5) is 4.23. The molecule has 0 aromatic heterocycles. The van der Waals surface area contributed by atoms with Gasteiger partial charge in [0.1, 0.15) is 0 Å². The van der Waals surface area contributed by atoms with Crippen molar-refractivity contribution < 1.29 is 0 Å².